The van der Waals surface area contributed by atoms with E-state index in [-0.39, 0.29) is 6.04 Å². The molecule has 0 amide bonds. The second-order valence-electron chi connectivity index (χ2n) is 4.24. The summed E-state index contributed by atoms with van der Waals surface area (Å²) in [5.74, 6) is 0. The van der Waals surface area contributed by atoms with Gasteiger partial charge in [0.2, 0.25) is 0 Å². The fourth-order valence-corrected chi connectivity index (χ4v) is 2.63. The molecule has 0 fully saturated rings. The van der Waals surface area contributed by atoms with Crippen LogP contribution < -0.4 is 5.73 Å². The normalized spacial score (nSPS) is 28.6. The van der Waals surface area contributed by atoms with Crippen LogP contribution in [0.15, 0.2) is 23.2 Å². The molecule has 2 unspecified atom stereocenters. The van der Waals surface area contributed by atoms with E-state index >= 15 is 0 Å². The lowest BCUT2D eigenvalue weighted by atomic mass is 9.81. The Morgan fingerprint density at radius 1 is 1.29 bits per heavy atom. The lowest BCUT2D eigenvalue weighted by molar-refractivity contribution is 0.495. The van der Waals surface area contributed by atoms with Crippen molar-refractivity contribution < 1.29 is 0 Å². The van der Waals surface area contributed by atoms with Crippen LogP contribution in [-0.2, 0) is 12.8 Å². The smallest absolute Gasteiger partial charge is 0.0765 e. The van der Waals surface area contributed by atoms with Crippen molar-refractivity contribution in [3.63, 3.8) is 0 Å². The Labute approximate surface area is 83.8 Å². The predicted octanol–water partition coefficient (Wildman–Crippen LogP) is 1.63. The quantitative estimate of drug-likeness (QED) is 0.657. The maximum absolute atomic E-state index is 6.02. The molecule has 72 valence electrons. The molecule has 1 aliphatic heterocycles. The number of benzene rings is 1. The summed E-state index contributed by atoms with van der Waals surface area (Å²) in [5.41, 5.74) is 10.4. The largest absolute Gasteiger partial charge is 0.327 e. The molecule has 1 aromatic carbocycles. The fraction of sp³-hybridized carbons (Fsp3) is 0.417. The van der Waals surface area contributed by atoms with Gasteiger partial charge >= 0.3 is 0 Å². The van der Waals surface area contributed by atoms with Crippen LogP contribution in [0, 0.1) is 0 Å². The topological polar surface area (TPSA) is 38.4 Å². The SMILES string of the molecule is NC1Cc2cccc3c2C(C1)N=CC3. The molecule has 0 aromatic heterocycles. The minimum Gasteiger partial charge on any atom is -0.327 e. The highest BCUT2D eigenvalue weighted by Crippen LogP contribution is 2.36. The molecule has 0 saturated carbocycles. The van der Waals surface area contributed by atoms with Gasteiger partial charge in [0.25, 0.3) is 0 Å². The molecule has 14 heavy (non-hydrogen) atoms. The Kier molecular flexibility index (Phi) is 1.71. The summed E-state index contributed by atoms with van der Waals surface area (Å²) >= 11 is 0. The number of nitrogens with two attached hydrogens (primary N) is 1. The van der Waals surface area contributed by atoms with Crippen LogP contribution >= 0.6 is 0 Å². The van der Waals surface area contributed by atoms with Gasteiger partial charge in [0.1, 0.15) is 0 Å². The van der Waals surface area contributed by atoms with Gasteiger partial charge in [-0.05, 0) is 29.5 Å². The molecular formula is C12H14N2. The molecular weight excluding hydrogens is 172 g/mol. The number of rotatable bonds is 0. The van der Waals surface area contributed by atoms with Crippen LogP contribution in [0.4, 0.5) is 0 Å². The number of aliphatic imine (C=N–C) groups is 1. The van der Waals surface area contributed by atoms with Crippen LogP contribution in [-0.4, -0.2) is 12.3 Å². The molecule has 3 rings (SSSR count). The van der Waals surface area contributed by atoms with Gasteiger partial charge in [-0.25, -0.2) is 0 Å². The monoisotopic (exact) mass is 186 g/mol. The minimum atomic E-state index is 0.290. The Bertz CT molecular complexity index is 395. The second kappa shape index (κ2) is 2.92. The average Bonchev–Trinajstić information content (AvgIpc) is 2.18. The van der Waals surface area contributed by atoms with Crippen molar-refractivity contribution in [2.24, 2.45) is 10.7 Å². The molecule has 0 spiro atoms. The summed E-state index contributed by atoms with van der Waals surface area (Å²) in [6.07, 6.45) is 5.07. The summed E-state index contributed by atoms with van der Waals surface area (Å²) in [7, 11) is 0. The average molecular weight is 186 g/mol. The van der Waals surface area contributed by atoms with E-state index in [9.17, 15) is 0 Å². The van der Waals surface area contributed by atoms with Gasteiger partial charge in [0.15, 0.2) is 0 Å². The van der Waals surface area contributed by atoms with Crippen molar-refractivity contribution in [3.8, 4) is 0 Å². The number of hydrogen-bond donors (Lipinski definition) is 1. The van der Waals surface area contributed by atoms with E-state index in [4.69, 9.17) is 5.73 Å². The lowest BCUT2D eigenvalue weighted by Gasteiger charge is -2.31. The van der Waals surface area contributed by atoms with Crippen molar-refractivity contribution in [1.29, 1.82) is 0 Å². The zero-order valence-corrected chi connectivity index (χ0v) is 8.11. The first-order valence-corrected chi connectivity index (χ1v) is 5.22. The molecule has 1 heterocycles. The van der Waals surface area contributed by atoms with Crippen molar-refractivity contribution >= 4 is 6.21 Å². The molecule has 2 N–H and O–H groups in total. The zero-order chi connectivity index (χ0) is 9.54. The van der Waals surface area contributed by atoms with E-state index in [1.807, 2.05) is 6.21 Å². The summed E-state index contributed by atoms with van der Waals surface area (Å²) in [5, 5.41) is 0. The highest BCUT2D eigenvalue weighted by Gasteiger charge is 2.27. The Morgan fingerprint density at radius 2 is 2.14 bits per heavy atom. The number of nitrogens with zero attached hydrogens (tertiary/aromatic N) is 1. The van der Waals surface area contributed by atoms with Gasteiger partial charge in [-0.2, -0.15) is 0 Å². The molecule has 2 atom stereocenters. The Hall–Kier alpha value is -1.15. The predicted molar refractivity (Wildman–Crippen MR) is 57.7 cm³/mol. The molecule has 2 heteroatoms. The van der Waals surface area contributed by atoms with E-state index in [0.717, 1.165) is 19.3 Å². The van der Waals surface area contributed by atoms with E-state index in [2.05, 4.69) is 23.2 Å². The molecule has 1 aromatic rings. The van der Waals surface area contributed by atoms with Gasteiger partial charge in [0, 0.05) is 18.7 Å². The van der Waals surface area contributed by atoms with E-state index in [0.29, 0.717) is 6.04 Å². The first-order valence-electron chi connectivity index (χ1n) is 5.22. The Morgan fingerprint density at radius 3 is 3.07 bits per heavy atom. The maximum atomic E-state index is 6.02. The van der Waals surface area contributed by atoms with E-state index in [1.165, 1.54) is 16.7 Å². The van der Waals surface area contributed by atoms with Crippen LogP contribution in [0.25, 0.3) is 0 Å². The maximum Gasteiger partial charge on any atom is 0.0765 e. The van der Waals surface area contributed by atoms with Gasteiger partial charge in [-0.1, -0.05) is 18.2 Å². The molecule has 2 nitrogen and oxygen atoms in total. The first-order chi connectivity index (χ1) is 6.84. The van der Waals surface area contributed by atoms with Crippen LogP contribution in [0.1, 0.15) is 29.2 Å². The standard InChI is InChI=1S/C12H14N2/c13-10-6-9-3-1-2-8-4-5-14-11(7-10)12(8)9/h1-3,5,10-11H,4,6-7,13H2. The summed E-state index contributed by atoms with van der Waals surface area (Å²) < 4.78 is 0. The minimum absolute atomic E-state index is 0.290. The molecule has 1 aliphatic carbocycles. The highest BCUT2D eigenvalue weighted by molar-refractivity contribution is 5.66. The lowest BCUT2D eigenvalue weighted by Crippen LogP contribution is -2.31. The third kappa shape index (κ3) is 1.11. The first kappa shape index (κ1) is 8.18. The van der Waals surface area contributed by atoms with Gasteiger partial charge in [-0.3, -0.25) is 4.99 Å². The third-order valence-electron chi connectivity index (χ3n) is 3.22. The van der Waals surface area contributed by atoms with Gasteiger partial charge < -0.3 is 5.73 Å². The highest BCUT2D eigenvalue weighted by atomic mass is 14.8. The molecule has 0 bridgehead atoms. The van der Waals surface area contributed by atoms with Crippen LogP contribution in [0.3, 0.4) is 0 Å². The van der Waals surface area contributed by atoms with Crippen LogP contribution in [0.5, 0.6) is 0 Å². The summed E-state index contributed by atoms with van der Waals surface area (Å²) in [6, 6.07) is 7.19. The van der Waals surface area contributed by atoms with E-state index < -0.39 is 0 Å². The second-order valence-corrected chi connectivity index (χ2v) is 4.24. The fourth-order valence-electron chi connectivity index (χ4n) is 2.63. The van der Waals surface area contributed by atoms with Gasteiger partial charge in [-0.15, -0.1) is 0 Å². The van der Waals surface area contributed by atoms with Crippen LogP contribution in [0.2, 0.25) is 0 Å². The van der Waals surface area contributed by atoms with Crippen molar-refractivity contribution in [3.05, 3.63) is 34.9 Å². The molecule has 0 radical (unpaired) electrons. The number of hydrogen-bond acceptors (Lipinski definition) is 2. The van der Waals surface area contributed by atoms with Crippen molar-refractivity contribution in [2.75, 3.05) is 0 Å². The van der Waals surface area contributed by atoms with Crippen molar-refractivity contribution in [2.45, 2.75) is 31.3 Å². The molecule has 2 aliphatic rings. The third-order valence-corrected chi connectivity index (χ3v) is 3.22. The summed E-state index contributed by atoms with van der Waals surface area (Å²) in [6.45, 7) is 0. The zero-order valence-electron chi connectivity index (χ0n) is 8.11. The molecule has 0 saturated heterocycles. The van der Waals surface area contributed by atoms with E-state index in [1.54, 1.807) is 0 Å². The Balaban J connectivity index is 2.18. The summed E-state index contributed by atoms with van der Waals surface area (Å²) in [4.78, 5) is 4.55. The van der Waals surface area contributed by atoms with Gasteiger partial charge in [0.05, 0.1) is 6.04 Å². The van der Waals surface area contributed by atoms with Crippen molar-refractivity contribution in [1.82, 2.24) is 0 Å².